The van der Waals surface area contributed by atoms with E-state index >= 15 is 0 Å². The third kappa shape index (κ3) is 7.99. The first kappa shape index (κ1) is 46.8. The van der Waals surface area contributed by atoms with Gasteiger partial charge in [0.25, 0.3) is 0 Å². The maximum atomic E-state index is 14.5. The van der Waals surface area contributed by atoms with Crippen molar-refractivity contribution in [1.29, 1.82) is 0 Å². The molecule has 0 saturated heterocycles. The summed E-state index contributed by atoms with van der Waals surface area (Å²) in [6, 6.07) is 17.3. The Morgan fingerprint density at radius 1 is 0.611 bits per heavy atom. The molecule has 8 heterocycles. The summed E-state index contributed by atoms with van der Waals surface area (Å²) in [6.07, 6.45) is 6.49. The first-order chi connectivity index (χ1) is 34.8. The minimum Gasteiger partial charge on any atom is -0.496 e. The summed E-state index contributed by atoms with van der Waals surface area (Å²) in [4.78, 5) is 75.1. The molecule has 0 radical (unpaired) electrons. The number of fused-ring (bicyclic) bond motifs is 6. The van der Waals surface area contributed by atoms with Crippen LogP contribution >= 0.6 is 0 Å². The van der Waals surface area contributed by atoms with E-state index in [1.54, 1.807) is 60.3 Å². The molecule has 2 unspecified atom stereocenters. The molecule has 0 saturated carbocycles. The fourth-order valence-corrected chi connectivity index (χ4v) is 9.75. The van der Waals surface area contributed by atoms with Crippen LogP contribution in [0.15, 0.2) is 104 Å². The van der Waals surface area contributed by atoms with Crippen LogP contribution in [0.1, 0.15) is 60.2 Å². The fourth-order valence-electron chi connectivity index (χ4n) is 9.75. The highest BCUT2D eigenvalue weighted by atomic mass is 16.5. The number of hydrogen-bond donors (Lipinski definition) is 2. The molecule has 0 spiro atoms. The number of rotatable bonds is 15. The van der Waals surface area contributed by atoms with Gasteiger partial charge in [0, 0.05) is 47.4 Å². The molecule has 20 nitrogen and oxygen atoms in total. The van der Waals surface area contributed by atoms with Crippen molar-refractivity contribution in [2.75, 3.05) is 27.3 Å². The third-order valence-electron chi connectivity index (χ3n) is 13.2. The lowest BCUT2D eigenvalue weighted by Crippen LogP contribution is -2.39. The number of amides is 2. The standard InChI is InChI=1S/C52H50N12O8/c1-27-47(31(5)71-59-27)35-19-39-33(21-43(35)69-7)49-41(23-57-39)61(51(67)63(49)29(3)37-13-9-11-15-53-37)25-45(65)55-17-18-56-46(66)26-62-42-24-58-40-20-36(48-28(2)60-72-32(48)6)44(70-8)22-34(40)50(42)64(52(62)68)30(4)38-14-10-12-16-54-38/h9-16,19-24,29-30H,17-18,25-26H2,1-8H3,(H,55,65)(H,56,66). The van der Waals surface area contributed by atoms with E-state index in [1.807, 2.05) is 90.1 Å². The van der Waals surface area contributed by atoms with Gasteiger partial charge in [-0.25, -0.2) is 9.59 Å². The minimum absolute atomic E-state index is 0.0258. The lowest BCUT2D eigenvalue weighted by atomic mass is 10.00. The smallest absolute Gasteiger partial charge is 0.330 e. The van der Waals surface area contributed by atoms with Gasteiger partial charge in [0.15, 0.2) is 0 Å². The number of nitrogens with zero attached hydrogens (tertiary/aromatic N) is 10. The topological polar surface area (TPSA) is 234 Å². The van der Waals surface area contributed by atoms with Crippen LogP contribution in [0.3, 0.4) is 0 Å². The van der Waals surface area contributed by atoms with Gasteiger partial charge in [-0.3, -0.25) is 47.8 Å². The maximum Gasteiger partial charge on any atom is 0.330 e. The molecule has 2 N–H and O–H groups in total. The number of hydrogen-bond acceptors (Lipinski definition) is 14. The van der Waals surface area contributed by atoms with E-state index in [2.05, 4.69) is 30.9 Å². The normalized spacial score (nSPS) is 12.5. The number of carbonyl (C=O) groups excluding carboxylic acids is 2. The van der Waals surface area contributed by atoms with Crippen LogP contribution < -0.4 is 31.5 Å². The quantitative estimate of drug-likeness (QED) is 0.104. The van der Waals surface area contributed by atoms with Gasteiger partial charge in [-0.15, -0.1) is 0 Å². The van der Waals surface area contributed by atoms with Gasteiger partial charge in [0.05, 0.1) is 106 Å². The molecule has 2 aromatic carbocycles. The highest BCUT2D eigenvalue weighted by Gasteiger charge is 2.28. The van der Waals surface area contributed by atoms with E-state index < -0.39 is 35.3 Å². The van der Waals surface area contributed by atoms with Crippen molar-refractivity contribution in [2.45, 2.75) is 66.7 Å². The molecule has 0 bridgehead atoms. The summed E-state index contributed by atoms with van der Waals surface area (Å²) in [5.41, 5.74) is 7.90. The molecule has 8 aromatic heterocycles. The first-order valence-electron chi connectivity index (χ1n) is 23.2. The average molecular weight is 971 g/mol. The summed E-state index contributed by atoms with van der Waals surface area (Å²) in [5.74, 6) is 1.33. The molecule has 2 amide bonds. The van der Waals surface area contributed by atoms with E-state index in [4.69, 9.17) is 28.5 Å². The number of benzene rings is 2. The van der Waals surface area contributed by atoms with Crippen molar-refractivity contribution < 1.29 is 28.1 Å². The predicted octanol–water partition coefficient (Wildman–Crippen LogP) is 6.52. The number of nitrogens with one attached hydrogen (secondary N) is 2. The molecular weight excluding hydrogens is 921 g/mol. The Balaban J connectivity index is 0.914. The second-order valence-electron chi connectivity index (χ2n) is 17.6. The van der Waals surface area contributed by atoms with Crippen LogP contribution in [0.5, 0.6) is 11.5 Å². The van der Waals surface area contributed by atoms with E-state index in [0.717, 1.165) is 22.3 Å². The monoisotopic (exact) mass is 970 g/mol. The number of pyridine rings is 4. The number of imidazole rings is 2. The van der Waals surface area contributed by atoms with Crippen molar-refractivity contribution in [3.63, 3.8) is 0 Å². The van der Waals surface area contributed by atoms with Crippen molar-refractivity contribution >= 4 is 55.7 Å². The highest BCUT2D eigenvalue weighted by Crippen LogP contribution is 2.41. The Bertz CT molecular complexity index is 3580. The average Bonchev–Trinajstić information content (AvgIpc) is 4.09. The van der Waals surface area contributed by atoms with E-state index in [-0.39, 0.29) is 26.2 Å². The summed E-state index contributed by atoms with van der Waals surface area (Å²) in [5, 5.41) is 15.2. The Morgan fingerprint density at radius 3 is 1.38 bits per heavy atom. The fraction of sp³-hybridized carbons (Fsp3) is 0.269. The summed E-state index contributed by atoms with van der Waals surface area (Å²) < 4.78 is 28.7. The Hall–Kier alpha value is -8.94. The van der Waals surface area contributed by atoms with Crippen LogP contribution in [-0.4, -0.2) is 87.6 Å². The summed E-state index contributed by atoms with van der Waals surface area (Å²) >= 11 is 0. The van der Waals surface area contributed by atoms with Crippen molar-refractivity contribution in [2.24, 2.45) is 0 Å². The zero-order valence-corrected chi connectivity index (χ0v) is 40.8. The zero-order chi connectivity index (χ0) is 50.5. The minimum atomic E-state index is -0.538. The van der Waals surface area contributed by atoms with Gasteiger partial charge >= 0.3 is 11.4 Å². The van der Waals surface area contributed by atoms with Crippen LogP contribution in [-0.2, 0) is 22.7 Å². The molecule has 10 rings (SSSR count). The lowest BCUT2D eigenvalue weighted by Gasteiger charge is -2.15. The van der Waals surface area contributed by atoms with Crippen LogP contribution in [0, 0.1) is 27.7 Å². The van der Waals surface area contributed by atoms with Gasteiger partial charge in [-0.05, 0) is 90.1 Å². The first-order valence-corrected chi connectivity index (χ1v) is 23.2. The number of ether oxygens (including phenoxy) is 2. The SMILES string of the molecule is COc1cc2c(cc1-c1c(C)noc1C)ncc1c2n(C(C)c2ccccn2)c(=O)n1CC(=O)NCCNC(=O)Cn1c(=O)n(C(C)c2ccccn2)c2c3cc(OC)c(-c4c(C)noc4C)cc3ncc21. The third-order valence-corrected chi connectivity index (χ3v) is 13.2. The predicted molar refractivity (Wildman–Crippen MR) is 268 cm³/mol. The second-order valence-corrected chi connectivity index (χ2v) is 17.6. The number of carbonyl (C=O) groups is 2. The molecule has 72 heavy (non-hydrogen) atoms. The van der Waals surface area contributed by atoms with Crippen LogP contribution in [0.25, 0.3) is 66.1 Å². The van der Waals surface area contributed by atoms with Gasteiger partial charge in [0.2, 0.25) is 11.8 Å². The number of aromatic nitrogens is 10. The van der Waals surface area contributed by atoms with Crippen molar-refractivity contribution in [3.05, 3.63) is 141 Å². The van der Waals surface area contributed by atoms with E-state index in [9.17, 15) is 19.2 Å². The number of methoxy groups -OCH3 is 2. The van der Waals surface area contributed by atoms with Gasteiger partial charge in [-0.1, -0.05) is 22.4 Å². The molecule has 366 valence electrons. The Labute approximate surface area is 410 Å². The Kier molecular flexibility index (Phi) is 12.2. The molecule has 20 heteroatoms. The zero-order valence-electron chi connectivity index (χ0n) is 40.8. The van der Waals surface area contributed by atoms with Gasteiger partial charge in [-0.2, -0.15) is 0 Å². The molecule has 0 aliphatic heterocycles. The molecule has 2 atom stereocenters. The molecule has 10 aromatic rings. The van der Waals surface area contributed by atoms with Crippen LogP contribution in [0.4, 0.5) is 0 Å². The van der Waals surface area contributed by atoms with Gasteiger partial charge in [0.1, 0.15) is 36.1 Å². The van der Waals surface area contributed by atoms with Crippen LogP contribution in [0.2, 0.25) is 0 Å². The second kappa shape index (κ2) is 18.8. The largest absolute Gasteiger partial charge is 0.496 e. The number of aryl methyl sites for hydroxylation is 4. The van der Waals surface area contributed by atoms with Crippen molar-refractivity contribution in [3.8, 4) is 33.8 Å². The Morgan fingerprint density at radius 2 is 1.03 bits per heavy atom. The van der Waals surface area contributed by atoms with E-state index in [0.29, 0.717) is 89.7 Å². The van der Waals surface area contributed by atoms with Crippen molar-refractivity contribution in [1.82, 2.24) is 59.2 Å². The molecule has 0 aliphatic rings. The molecule has 0 fully saturated rings. The highest BCUT2D eigenvalue weighted by molar-refractivity contribution is 6.06. The molecule has 0 aliphatic carbocycles. The summed E-state index contributed by atoms with van der Waals surface area (Å²) in [7, 11) is 3.13. The lowest BCUT2D eigenvalue weighted by molar-refractivity contribution is -0.123. The maximum absolute atomic E-state index is 14.5. The molecular formula is C52H50N12O8. The van der Waals surface area contributed by atoms with E-state index in [1.165, 1.54) is 9.13 Å². The van der Waals surface area contributed by atoms with Gasteiger partial charge < -0.3 is 29.2 Å². The summed E-state index contributed by atoms with van der Waals surface area (Å²) in [6.45, 7) is 10.5.